The maximum Gasteiger partial charge on any atom is 0.430 e. The Morgan fingerprint density at radius 2 is 2.00 bits per heavy atom. The summed E-state index contributed by atoms with van der Waals surface area (Å²) in [5, 5.41) is 8.74. The molecule has 4 rings (SSSR count). The van der Waals surface area contributed by atoms with E-state index in [9.17, 15) is 4.79 Å². The Kier molecular flexibility index (Phi) is 5.73. The zero-order valence-corrected chi connectivity index (χ0v) is 17.6. The normalized spacial score (nSPS) is 18.1. The molecule has 0 radical (unpaired) electrons. The lowest BCUT2D eigenvalue weighted by Gasteiger charge is -2.35. The van der Waals surface area contributed by atoms with Crippen LogP contribution in [0.1, 0.15) is 24.8 Å². The Morgan fingerprint density at radius 1 is 1.21 bits per heavy atom. The summed E-state index contributed by atoms with van der Waals surface area (Å²) in [7, 11) is 1.65. The molecule has 8 heteroatoms. The minimum absolute atomic E-state index is 0.336. The van der Waals surface area contributed by atoms with Crippen LogP contribution < -0.4 is 10.1 Å². The van der Waals surface area contributed by atoms with E-state index in [0.29, 0.717) is 18.8 Å². The zero-order chi connectivity index (χ0) is 20.3. The third-order valence-electron chi connectivity index (χ3n) is 5.20. The molecule has 2 aliphatic heterocycles. The molecule has 2 aliphatic rings. The van der Waals surface area contributed by atoms with Crippen LogP contribution >= 0.6 is 15.9 Å². The van der Waals surface area contributed by atoms with Gasteiger partial charge in [-0.05, 0) is 40.2 Å². The average molecular weight is 460 g/mol. The summed E-state index contributed by atoms with van der Waals surface area (Å²) in [5.74, 6) is 0.797. The number of anilines is 1. The van der Waals surface area contributed by atoms with Crippen molar-refractivity contribution < 1.29 is 19.2 Å². The average Bonchev–Trinajstić information content (AvgIpc) is 3.15. The molecule has 7 nitrogen and oxygen atoms in total. The smallest absolute Gasteiger partial charge is 0.430 e. The van der Waals surface area contributed by atoms with Crippen LogP contribution in [0.3, 0.4) is 0 Å². The van der Waals surface area contributed by atoms with Crippen LogP contribution in [0.4, 0.5) is 10.5 Å². The van der Waals surface area contributed by atoms with Gasteiger partial charge in [0.1, 0.15) is 11.4 Å². The third-order valence-corrected chi connectivity index (χ3v) is 5.89. The summed E-state index contributed by atoms with van der Waals surface area (Å²) >= 11 is 3.40. The van der Waals surface area contributed by atoms with Crippen molar-refractivity contribution in [2.75, 3.05) is 25.5 Å². The number of hydrogen-bond donors (Lipinski definition) is 1. The molecule has 1 saturated heterocycles. The van der Waals surface area contributed by atoms with E-state index in [4.69, 9.17) is 14.4 Å². The van der Waals surface area contributed by atoms with Crippen LogP contribution in [0.25, 0.3) is 0 Å². The van der Waals surface area contributed by atoms with Gasteiger partial charge in [0.15, 0.2) is 0 Å². The number of nitrogens with one attached hydrogen (secondary N) is 1. The number of methoxy groups -OCH3 is 1. The standard InChI is InChI=1S/C21H22BrN3O4/c1-27-16-6-4-5-15(13-16)19-14-21(29-24-19)9-11-25(12-10-21)28-20(26)23-18-8-3-2-7-17(18)22/h2-8,13H,9-12,14H2,1H3,(H,23,26). The molecule has 1 spiro atoms. The lowest BCUT2D eigenvalue weighted by Crippen LogP contribution is -2.45. The second kappa shape index (κ2) is 8.42. The number of piperidine rings is 1. The molecule has 2 heterocycles. The fourth-order valence-corrected chi connectivity index (χ4v) is 3.93. The van der Waals surface area contributed by atoms with Crippen LogP contribution in [0.15, 0.2) is 58.2 Å². The number of nitrogens with zero attached hydrogens (tertiary/aromatic N) is 2. The van der Waals surface area contributed by atoms with Gasteiger partial charge in [-0.3, -0.25) is 5.32 Å². The first-order valence-corrected chi connectivity index (χ1v) is 10.2. The highest BCUT2D eigenvalue weighted by Gasteiger charge is 2.43. The van der Waals surface area contributed by atoms with Gasteiger partial charge in [-0.15, -0.1) is 5.06 Å². The van der Waals surface area contributed by atoms with Crippen molar-refractivity contribution in [1.82, 2.24) is 5.06 Å². The molecule has 1 amide bonds. The molecular formula is C21H22BrN3O4. The fourth-order valence-electron chi connectivity index (χ4n) is 3.54. The monoisotopic (exact) mass is 459 g/mol. The number of ether oxygens (including phenoxy) is 1. The minimum Gasteiger partial charge on any atom is -0.497 e. The maximum atomic E-state index is 12.2. The highest BCUT2D eigenvalue weighted by molar-refractivity contribution is 9.10. The number of para-hydroxylation sites is 1. The Morgan fingerprint density at radius 3 is 2.76 bits per heavy atom. The van der Waals surface area contributed by atoms with E-state index in [1.54, 1.807) is 18.2 Å². The number of halogens is 1. The maximum absolute atomic E-state index is 12.2. The Hall–Kier alpha value is -2.58. The van der Waals surface area contributed by atoms with Gasteiger partial charge in [-0.25, -0.2) is 4.79 Å². The van der Waals surface area contributed by atoms with Crippen molar-refractivity contribution in [2.24, 2.45) is 5.16 Å². The van der Waals surface area contributed by atoms with Crippen molar-refractivity contribution in [3.8, 4) is 5.75 Å². The number of benzene rings is 2. The van der Waals surface area contributed by atoms with Crippen LogP contribution in [-0.4, -0.2) is 42.7 Å². The highest BCUT2D eigenvalue weighted by atomic mass is 79.9. The Balaban J connectivity index is 1.29. The summed E-state index contributed by atoms with van der Waals surface area (Å²) in [6, 6.07) is 15.2. The molecule has 0 unspecified atom stereocenters. The molecule has 1 N–H and O–H groups in total. The predicted molar refractivity (Wildman–Crippen MR) is 113 cm³/mol. The molecule has 2 aromatic rings. The van der Waals surface area contributed by atoms with E-state index in [1.807, 2.05) is 42.5 Å². The first-order valence-electron chi connectivity index (χ1n) is 9.45. The van der Waals surface area contributed by atoms with Gasteiger partial charge in [-0.2, -0.15) is 0 Å². The van der Waals surface area contributed by atoms with Gasteiger partial charge in [0.05, 0.1) is 18.5 Å². The van der Waals surface area contributed by atoms with Crippen LogP contribution in [-0.2, 0) is 9.68 Å². The van der Waals surface area contributed by atoms with Crippen LogP contribution in [0, 0.1) is 0 Å². The van der Waals surface area contributed by atoms with E-state index in [2.05, 4.69) is 26.4 Å². The predicted octanol–water partition coefficient (Wildman–Crippen LogP) is 4.58. The highest BCUT2D eigenvalue weighted by Crippen LogP contribution is 2.36. The summed E-state index contributed by atoms with van der Waals surface area (Å²) in [6.45, 7) is 1.18. The van der Waals surface area contributed by atoms with E-state index in [1.165, 1.54) is 0 Å². The molecule has 152 valence electrons. The lowest BCUT2D eigenvalue weighted by molar-refractivity contribution is -0.154. The lowest BCUT2D eigenvalue weighted by atomic mass is 9.86. The molecule has 0 saturated carbocycles. The number of carbonyl (C=O) groups is 1. The van der Waals surface area contributed by atoms with E-state index in [0.717, 1.165) is 40.8 Å². The van der Waals surface area contributed by atoms with E-state index in [-0.39, 0.29) is 5.60 Å². The van der Waals surface area contributed by atoms with Gasteiger partial charge < -0.3 is 14.4 Å². The molecule has 29 heavy (non-hydrogen) atoms. The van der Waals surface area contributed by atoms with Gasteiger partial charge in [0, 0.05) is 42.4 Å². The molecular weight excluding hydrogens is 438 g/mol. The van der Waals surface area contributed by atoms with Crippen molar-refractivity contribution in [1.29, 1.82) is 0 Å². The van der Waals surface area contributed by atoms with Crippen molar-refractivity contribution >= 4 is 33.4 Å². The quantitative estimate of drug-likeness (QED) is 0.723. The van der Waals surface area contributed by atoms with Crippen molar-refractivity contribution in [3.63, 3.8) is 0 Å². The van der Waals surface area contributed by atoms with Crippen molar-refractivity contribution in [2.45, 2.75) is 24.9 Å². The summed E-state index contributed by atoms with van der Waals surface area (Å²) in [5.41, 5.74) is 2.26. The SMILES string of the molecule is COc1cccc(C2=NOC3(CCN(OC(=O)Nc4ccccc4Br)CC3)C2)c1. The Labute approximate surface area is 177 Å². The fraction of sp³-hybridized carbons (Fsp3) is 0.333. The van der Waals surface area contributed by atoms with E-state index < -0.39 is 6.09 Å². The van der Waals surface area contributed by atoms with Gasteiger partial charge in [0.25, 0.3) is 0 Å². The number of rotatable bonds is 4. The molecule has 0 atom stereocenters. The number of hydrogen-bond acceptors (Lipinski definition) is 6. The Bertz CT molecular complexity index is 926. The topological polar surface area (TPSA) is 72.4 Å². The first kappa shape index (κ1) is 19.7. The van der Waals surface area contributed by atoms with Crippen LogP contribution in [0.2, 0.25) is 0 Å². The summed E-state index contributed by atoms with van der Waals surface area (Å²) in [4.78, 5) is 23.5. The van der Waals surface area contributed by atoms with Gasteiger partial charge in [0.2, 0.25) is 0 Å². The van der Waals surface area contributed by atoms with Crippen LogP contribution in [0.5, 0.6) is 5.75 Å². The van der Waals surface area contributed by atoms with Gasteiger partial charge in [-0.1, -0.05) is 29.4 Å². The summed E-state index contributed by atoms with van der Waals surface area (Å²) in [6.07, 6.45) is 1.68. The first-order chi connectivity index (χ1) is 14.1. The molecule has 0 aromatic heterocycles. The van der Waals surface area contributed by atoms with Gasteiger partial charge >= 0.3 is 6.09 Å². The number of amides is 1. The molecule has 2 aromatic carbocycles. The molecule has 1 fully saturated rings. The minimum atomic E-state index is -0.506. The molecule has 0 aliphatic carbocycles. The zero-order valence-electron chi connectivity index (χ0n) is 16.1. The third kappa shape index (κ3) is 4.54. The second-order valence-electron chi connectivity index (χ2n) is 7.13. The van der Waals surface area contributed by atoms with E-state index >= 15 is 0 Å². The number of hydroxylamine groups is 2. The largest absolute Gasteiger partial charge is 0.497 e. The number of oxime groups is 1. The number of carbonyl (C=O) groups excluding carboxylic acids is 1. The summed E-state index contributed by atoms with van der Waals surface area (Å²) < 4.78 is 6.09. The molecule has 0 bridgehead atoms. The van der Waals surface area contributed by atoms with Crippen molar-refractivity contribution in [3.05, 3.63) is 58.6 Å². The second-order valence-corrected chi connectivity index (χ2v) is 7.99.